The molecule has 84 valence electrons. The van der Waals surface area contributed by atoms with Gasteiger partial charge in [0.25, 0.3) is 14.4 Å². The highest BCUT2D eigenvalue weighted by molar-refractivity contribution is 7.94. The Hall–Kier alpha value is -1.74. The van der Waals surface area contributed by atoms with Crippen LogP contribution in [0.25, 0.3) is 0 Å². The molecule has 16 heavy (non-hydrogen) atoms. The molecule has 0 aliphatic heterocycles. The molecule has 2 aromatic heterocycles. The standard InChI is InChI=1S/C7H7N5O2S2/c8-6-10-11-7(15-6)16(13,14)12-5-1-3-9-4-2-5/h1-4H,(H2,8,10)(H,9,12). The maximum absolute atomic E-state index is 11.7. The number of anilines is 2. The van der Waals surface area contributed by atoms with E-state index < -0.39 is 10.0 Å². The predicted octanol–water partition coefficient (Wildman–Crippen LogP) is 0.316. The van der Waals surface area contributed by atoms with Crippen molar-refractivity contribution in [3.63, 3.8) is 0 Å². The first kappa shape index (κ1) is 10.8. The molecule has 0 saturated carbocycles. The minimum absolute atomic E-state index is 0.107. The van der Waals surface area contributed by atoms with Gasteiger partial charge >= 0.3 is 0 Å². The van der Waals surface area contributed by atoms with E-state index >= 15 is 0 Å². The smallest absolute Gasteiger partial charge is 0.291 e. The highest BCUT2D eigenvalue weighted by Gasteiger charge is 2.19. The number of nitrogens with zero attached hydrogens (tertiary/aromatic N) is 3. The van der Waals surface area contributed by atoms with Crippen LogP contribution in [0.3, 0.4) is 0 Å². The van der Waals surface area contributed by atoms with Gasteiger partial charge < -0.3 is 5.73 Å². The fourth-order valence-corrected chi connectivity index (χ4v) is 2.79. The Morgan fingerprint density at radius 1 is 1.25 bits per heavy atom. The SMILES string of the molecule is Nc1nnc(S(=O)(=O)Nc2ccncc2)s1. The summed E-state index contributed by atoms with van der Waals surface area (Å²) in [5, 5.41) is 7.01. The fourth-order valence-electron chi connectivity index (χ4n) is 0.948. The van der Waals surface area contributed by atoms with Crippen LogP contribution >= 0.6 is 11.3 Å². The van der Waals surface area contributed by atoms with Crippen molar-refractivity contribution in [3.8, 4) is 0 Å². The van der Waals surface area contributed by atoms with Crippen molar-refractivity contribution < 1.29 is 8.42 Å². The van der Waals surface area contributed by atoms with Crippen LogP contribution in [0.1, 0.15) is 0 Å². The molecule has 9 heteroatoms. The Morgan fingerprint density at radius 3 is 2.50 bits per heavy atom. The van der Waals surface area contributed by atoms with Gasteiger partial charge in [0, 0.05) is 12.4 Å². The van der Waals surface area contributed by atoms with Gasteiger partial charge in [-0.1, -0.05) is 11.3 Å². The number of hydrogen-bond acceptors (Lipinski definition) is 7. The van der Waals surface area contributed by atoms with Gasteiger partial charge in [0.2, 0.25) is 5.13 Å². The maximum atomic E-state index is 11.7. The second-order valence-corrected chi connectivity index (χ2v) is 5.61. The number of pyridine rings is 1. The molecule has 0 fully saturated rings. The highest BCUT2D eigenvalue weighted by atomic mass is 32.2. The van der Waals surface area contributed by atoms with Crippen LogP contribution < -0.4 is 10.5 Å². The summed E-state index contributed by atoms with van der Waals surface area (Å²) in [5.41, 5.74) is 5.72. The molecule has 0 atom stereocenters. The van der Waals surface area contributed by atoms with Gasteiger partial charge in [-0.25, -0.2) is 0 Å². The third kappa shape index (κ3) is 2.25. The van der Waals surface area contributed by atoms with Crippen molar-refractivity contribution in [1.82, 2.24) is 15.2 Å². The summed E-state index contributed by atoms with van der Waals surface area (Å²) >= 11 is 0.803. The molecule has 2 aromatic rings. The van der Waals surface area contributed by atoms with Gasteiger partial charge in [-0.3, -0.25) is 9.71 Å². The zero-order valence-corrected chi connectivity index (χ0v) is 9.49. The Balaban J connectivity index is 2.28. The van der Waals surface area contributed by atoms with Crippen LogP contribution in [0.5, 0.6) is 0 Å². The van der Waals surface area contributed by atoms with Crippen molar-refractivity contribution in [3.05, 3.63) is 24.5 Å². The summed E-state index contributed by atoms with van der Waals surface area (Å²) in [6.07, 6.45) is 2.96. The summed E-state index contributed by atoms with van der Waals surface area (Å²) in [6.45, 7) is 0. The zero-order chi connectivity index (χ0) is 11.6. The third-order valence-corrected chi connectivity index (χ3v) is 4.09. The molecule has 0 aliphatic carbocycles. The van der Waals surface area contributed by atoms with Crippen molar-refractivity contribution in [2.45, 2.75) is 4.34 Å². The Kier molecular flexibility index (Phi) is 2.71. The largest absolute Gasteiger partial charge is 0.374 e. The van der Waals surface area contributed by atoms with E-state index in [1.54, 1.807) is 0 Å². The van der Waals surface area contributed by atoms with Crippen molar-refractivity contribution >= 4 is 32.2 Å². The van der Waals surface area contributed by atoms with E-state index in [4.69, 9.17) is 5.73 Å². The van der Waals surface area contributed by atoms with Gasteiger partial charge in [-0.2, -0.15) is 8.42 Å². The zero-order valence-electron chi connectivity index (χ0n) is 7.86. The Labute approximate surface area is 95.4 Å². The Morgan fingerprint density at radius 2 is 1.94 bits per heavy atom. The van der Waals surface area contributed by atoms with E-state index in [9.17, 15) is 8.42 Å². The van der Waals surface area contributed by atoms with Crippen LogP contribution in [-0.4, -0.2) is 23.6 Å². The molecule has 2 heterocycles. The lowest BCUT2D eigenvalue weighted by Crippen LogP contribution is -2.12. The molecule has 0 spiro atoms. The maximum Gasteiger partial charge on any atom is 0.291 e. The van der Waals surface area contributed by atoms with E-state index in [0.29, 0.717) is 5.69 Å². The normalized spacial score (nSPS) is 11.2. The van der Waals surface area contributed by atoms with Crippen LogP contribution in [0.15, 0.2) is 28.9 Å². The molecule has 0 aliphatic rings. The summed E-state index contributed by atoms with van der Waals surface area (Å²) < 4.78 is 25.6. The molecule has 0 bridgehead atoms. The van der Waals surface area contributed by atoms with Crippen molar-refractivity contribution in [2.24, 2.45) is 0 Å². The second-order valence-electron chi connectivity index (χ2n) is 2.75. The molecule has 0 aromatic carbocycles. The van der Waals surface area contributed by atoms with E-state index in [2.05, 4.69) is 19.9 Å². The fraction of sp³-hybridized carbons (Fsp3) is 0. The minimum Gasteiger partial charge on any atom is -0.374 e. The lowest BCUT2D eigenvalue weighted by Gasteiger charge is -2.03. The van der Waals surface area contributed by atoms with Crippen LogP contribution in [-0.2, 0) is 10.0 Å². The first-order valence-electron chi connectivity index (χ1n) is 4.10. The lowest BCUT2D eigenvalue weighted by atomic mass is 10.4. The number of nitrogens with two attached hydrogens (primary N) is 1. The van der Waals surface area contributed by atoms with Crippen molar-refractivity contribution in [2.75, 3.05) is 10.5 Å². The van der Waals surface area contributed by atoms with Gasteiger partial charge in [-0.05, 0) is 12.1 Å². The molecule has 0 saturated heterocycles. The number of aromatic nitrogens is 3. The average molecular weight is 257 g/mol. The molecular formula is C7H7N5O2S2. The first-order chi connectivity index (χ1) is 7.58. The average Bonchev–Trinajstić information content (AvgIpc) is 2.66. The van der Waals surface area contributed by atoms with Crippen LogP contribution in [0.4, 0.5) is 10.8 Å². The number of rotatable bonds is 3. The van der Waals surface area contributed by atoms with E-state index in [1.807, 2.05) is 0 Å². The summed E-state index contributed by atoms with van der Waals surface area (Å²) in [6, 6.07) is 3.06. The predicted molar refractivity (Wildman–Crippen MR) is 59.4 cm³/mol. The molecule has 0 amide bonds. The van der Waals surface area contributed by atoms with Gasteiger partial charge in [0.05, 0.1) is 5.69 Å². The quantitative estimate of drug-likeness (QED) is 0.819. The van der Waals surface area contributed by atoms with E-state index in [1.165, 1.54) is 24.5 Å². The molecule has 2 rings (SSSR count). The van der Waals surface area contributed by atoms with E-state index in [-0.39, 0.29) is 9.47 Å². The highest BCUT2D eigenvalue weighted by Crippen LogP contribution is 2.19. The molecule has 3 N–H and O–H groups in total. The Bertz CT molecular complexity index is 580. The molecule has 0 radical (unpaired) electrons. The van der Waals surface area contributed by atoms with Gasteiger partial charge in [-0.15, -0.1) is 10.2 Å². The third-order valence-electron chi connectivity index (χ3n) is 1.58. The topological polar surface area (TPSA) is 111 Å². The second kappa shape index (κ2) is 4.02. The molecular weight excluding hydrogens is 250 g/mol. The monoisotopic (exact) mass is 257 g/mol. The lowest BCUT2D eigenvalue weighted by molar-refractivity contribution is 0.599. The van der Waals surface area contributed by atoms with Crippen LogP contribution in [0.2, 0.25) is 0 Å². The van der Waals surface area contributed by atoms with Gasteiger partial charge in [0.1, 0.15) is 0 Å². The first-order valence-corrected chi connectivity index (χ1v) is 6.40. The number of sulfonamides is 1. The van der Waals surface area contributed by atoms with E-state index in [0.717, 1.165) is 11.3 Å². The molecule has 7 nitrogen and oxygen atoms in total. The molecule has 0 unspecified atom stereocenters. The van der Waals surface area contributed by atoms with Gasteiger partial charge in [0.15, 0.2) is 0 Å². The summed E-state index contributed by atoms with van der Waals surface area (Å²) in [4.78, 5) is 3.77. The number of nitrogen functional groups attached to an aromatic ring is 1. The summed E-state index contributed by atoms with van der Waals surface area (Å²) in [7, 11) is -3.71. The minimum atomic E-state index is -3.71. The summed E-state index contributed by atoms with van der Waals surface area (Å²) in [5.74, 6) is 0. The number of hydrogen-bond donors (Lipinski definition) is 2. The van der Waals surface area contributed by atoms with Crippen molar-refractivity contribution in [1.29, 1.82) is 0 Å². The number of nitrogens with one attached hydrogen (secondary N) is 1. The van der Waals surface area contributed by atoms with Crippen LogP contribution in [0, 0.1) is 0 Å².